The average Bonchev–Trinajstić information content (AvgIpc) is 2.40. The van der Waals surface area contributed by atoms with Gasteiger partial charge in [0.25, 0.3) is 0 Å². The Bertz CT molecular complexity index is 663. The first-order valence-electron chi connectivity index (χ1n) is 6.29. The van der Waals surface area contributed by atoms with Gasteiger partial charge in [0, 0.05) is 10.0 Å². The average molecular weight is 328 g/mol. The largest absolute Gasteiger partial charge is 0.292 e. The number of nitrogens with zero attached hydrogens (tertiary/aromatic N) is 1. The molecule has 0 N–H and O–H groups in total. The molecule has 0 radical (unpaired) electrons. The van der Waals surface area contributed by atoms with Crippen LogP contribution in [0.25, 0.3) is 0 Å². The molecule has 1 atom stereocenters. The van der Waals surface area contributed by atoms with Crippen LogP contribution < -0.4 is 0 Å². The lowest BCUT2D eigenvalue weighted by Crippen LogP contribution is -2.11. The van der Waals surface area contributed by atoms with Crippen molar-refractivity contribution in [2.45, 2.75) is 19.8 Å². The normalized spacial score (nSPS) is 11.7. The predicted molar refractivity (Wildman–Crippen MR) is 82.7 cm³/mol. The first kappa shape index (κ1) is 14.5. The van der Waals surface area contributed by atoms with Crippen molar-refractivity contribution in [3.8, 4) is 6.07 Å². The zero-order chi connectivity index (χ0) is 14.7. The quantitative estimate of drug-likeness (QED) is 0.775. The van der Waals surface area contributed by atoms with E-state index in [2.05, 4.69) is 22.0 Å². The molecule has 100 valence electrons. The summed E-state index contributed by atoms with van der Waals surface area (Å²) >= 11 is 3.38. The van der Waals surface area contributed by atoms with Crippen LogP contribution in [-0.4, -0.2) is 5.78 Å². The van der Waals surface area contributed by atoms with Gasteiger partial charge in [-0.25, -0.2) is 0 Å². The van der Waals surface area contributed by atoms with E-state index in [-0.39, 0.29) is 5.78 Å². The third kappa shape index (κ3) is 3.15. The number of halogens is 1. The van der Waals surface area contributed by atoms with Gasteiger partial charge in [-0.3, -0.25) is 4.79 Å². The lowest BCUT2D eigenvalue weighted by molar-refractivity contribution is 0.0978. The van der Waals surface area contributed by atoms with Gasteiger partial charge in [0.2, 0.25) is 0 Å². The summed E-state index contributed by atoms with van der Waals surface area (Å²) in [6.07, 6.45) is 0. The number of benzene rings is 2. The molecule has 0 saturated heterocycles. The van der Waals surface area contributed by atoms with Gasteiger partial charge < -0.3 is 0 Å². The summed E-state index contributed by atoms with van der Waals surface area (Å²) < 4.78 is 0.849. The van der Waals surface area contributed by atoms with Crippen LogP contribution in [0.5, 0.6) is 0 Å². The topological polar surface area (TPSA) is 40.9 Å². The Hall–Kier alpha value is -1.92. The summed E-state index contributed by atoms with van der Waals surface area (Å²) in [6, 6.07) is 15.1. The first-order chi connectivity index (χ1) is 9.51. The second-order valence-corrected chi connectivity index (χ2v) is 5.77. The fraction of sp³-hybridized carbons (Fsp3) is 0.176. The molecule has 0 bridgehead atoms. The van der Waals surface area contributed by atoms with Crippen LogP contribution in [0.1, 0.15) is 33.0 Å². The van der Waals surface area contributed by atoms with Crippen molar-refractivity contribution in [2.24, 2.45) is 0 Å². The van der Waals surface area contributed by atoms with Crippen LogP contribution in [0.4, 0.5) is 0 Å². The number of carbonyl (C=O) groups excluding carboxylic acids is 1. The Morgan fingerprint density at radius 3 is 2.30 bits per heavy atom. The van der Waals surface area contributed by atoms with Crippen LogP contribution in [0.2, 0.25) is 0 Å². The molecule has 0 aliphatic heterocycles. The Morgan fingerprint density at radius 2 is 1.75 bits per heavy atom. The van der Waals surface area contributed by atoms with E-state index in [0.29, 0.717) is 5.56 Å². The molecular formula is C17H14BrNO. The number of Topliss-reactive ketones (excluding diaryl/α,β-unsaturated/α-hetero) is 1. The highest BCUT2D eigenvalue weighted by molar-refractivity contribution is 9.10. The lowest BCUT2D eigenvalue weighted by atomic mass is 9.91. The van der Waals surface area contributed by atoms with Crippen LogP contribution in [0.15, 0.2) is 46.9 Å². The molecule has 0 heterocycles. The molecule has 0 amide bonds. The number of nitriles is 1. The van der Waals surface area contributed by atoms with Gasteiger partial charge in [-0.1, -0.05) is 45.8 Å². The molecule has 0 aliphatic rings. The SMILES string of the molecule is Cc1ccc(C(C#N)C(=O)c2cc(C)cc(Br)c2)cc1. The lowest BCUT2D eigenvalue weighted by Gasteiger charge is -2.10. The van der Waals surface area contributed by atoms with E-state index in [9.17, 15) is 10.1 Å². The standard InChI is InChI=1S/C17H14BrNO/c1-11-3-5-13(6-4-11)16(10-19)17(20)14-7-12(2)8-15(18)9-14/h3-9,16H,1-2H3. The van der Waals surface area contributed by atoms with E-state index < -0.39 is 5.92 Å². The van der Waals surface area contributed by atoms with Gasteiger partial charge in [0.15, 0.2) is 5.78 Å². The minimum absolute atomic E-state index is 0.166. The van der Waals surface area contributed by atoms with Gasteiger partial charge in [-0.15, -0.1) is 0 Å². The van der Waals surface area contributed by atoms with Gasteiger partial charge in [0.05, 0.1) is 6.07 Å². The third-order valence-corrected chi connectivity index (χ3v) is 3.59. The molecule has 2 nitrogen and oxygen atoms in total. The number of rotatable bonds is 3. The smallest absolute Gasteiger partial charge is 0.184 e. The van der Waals surface area contributed by atoms with Crippen molar-refractivity contribution in [3.63, 3.8) is 0 Å². The Morgan fingerprint density at radius 1 is 1.10 bits per heavy atom. The molecule has 0 spiro atoms. The monoisotopic (exact) mass is 327 g/mol. The van der Waals surface area contributed by atoms with Crippen LogP contribution in [0.3, 0.4) is 0 Å². The van der Waals surface area contributed by atoms with E-state index in [4.69, 9.17) is 0 Å². The summed E-state index contributed by atoms with van der Waals surface area (Å²) in [5.74, 6) is -0.926. The van der Waals surface area contributed by atoms with Crippen LogP contribution in [0, 0.1) is 25.2 Å². The highest BCUT2D eigenvalue weighted by Crippen LogP contribution is 2.24. The van der Waals surface area contributed by atoms with E-state index >= 15 is 0 Å². The van der Waals surface area contributed by atoms with Crippen LogP contribution >= 0.6 is 15.9 Å². The van der Waals surface area contributed by atoms with Gasteiger partial charge >= 0.3 is 0 Å². The molecule has 20 heavy (non-hydrogen) atoms. The van der Waals surface area contributed by atoms with Crippen molar-refractivity contribution in [2.75, 3.05) is 0 Å². The first-order valence-corrected chi connectivity index (χ1v) is 7.08. The number of carbonyl (C=O) groups is 1. The summed E-state index contributed by atoms with van der Waals surface area (Å²) in [5.41, 5.74) is 3.39. The molecular weight excluding hydrogens is 314 g/mol. The van der Waals surface area contributed by atoms with Gasteiger partial charge in [0.1, 0.15) is 5.92 Å². The van der Waals surface area contributed by atoms with E-state index in [1.807, 2.05) is 50.2 Å². The van der Waals surface area contributed by atoms with Gasteiger partial charge in [-0.2, -0.15) is 5.26 Å². The number of hydrogen-bond acceptors (Lipinski definition) is 2. The highest BCUT2D eigenvalue weighted by Gasteiger charge is 2.22. The maximum absolute atomic E-state index is 12.5. The Kier molecular flexibility index (Phi) is 4.36. The molecule has 1 unspecified atom stereocenters. The maximum Gasteiger partial charge on any atom is 0.184 e. The second kappa shape index (κ2) is 6.02. The number of ketones is 1. The second-order valence-electron chi connectivity index (χ2n) is 4.85. The predicted octanol–water partition coefficient (Wildman–Crippen LogP) is 4.56. The fourth-order valence-corrected chi connectivity index (χ4v) is 2.70. The summed E-state index contributed by atoms with van der Waals surface area (Å²) in [5, 5.41) is 9.34. The van der Waals surface area contributed by atoms with E-state index in [0.717, 1.165) is 21.2 Å². The van der Waals surface area contributed by atoms with Crippen molar-refractivity contribution in [1.29, 1.82) is 5.26 Å². The fourth-order valence-electron chi connectivity index (χ4n) is 2.09. The van der Waals surface area contributed by atoms with Crippen molar-refractivity contribution in [1.82, 2.24) is 0 Å². The molecule has 2 aromatic carbocycles. The Balaban J connectivity index is 2.39. The highest BCUT2D eigenvalue weighted by atomic mass is 79.9. The molecule has 2 aromatic rings. The molecule has 0 aliphatic carbocycles. The summed E-state index contributed by atoms with van der Waals surface area (Å²) in [6.45, 7) is 3.90. The van der Waals surface area contributed by atoms with Gasteiger partial charge in [-0.05, 0) is 43.2 Å². The minimum Gasteiger partial charge on any atom is -0.292 e. The third-order valence-electron chi connectivity index (χ3n) is 3.13. The zero-order valence-electron chi connectivity index (χ0n) is 11.4. The number of aryl methyl sites for hydroxylation is 2. The zero-order valence-corrected chi connectivity index (χ0v) is 12.9. The molecule has 0 fully saturated rings. The summed E-state index contributed by atoms with van der Waals surface area (Å²) in [4.78, 5) is 12.5. The van der Waals surface area contributed by atoms with E-state index in [1.54, 1.807) is 6.07 Å². The van der Waals surface area contributed by atoms with Crippen LogP contribution in [-0.2, 0) is 0 Å². The van der Waals surface area contributed by atoms with Crippen molar-refractivity contribution < 1.29 is 4.79 Å². The Labute approximate surface area is 127 Å². The van der Waals surface area contributed by atoms with Crippen molar-refractivity contribution in [3.05, 3.63) is 69.2 Å². The number of hydrogen-bond donors (Lipinski definition) is 0. The minimum atomic E-state index is -0.760. The molecule has 0 aromatic heterocycles. The van der Waals surface area contributed by atoms with E-state index in [1.165, 1.54) is 0 Å². The molecule has 2 rings (SSSR count). The molecule has 3 heteroatoms. The molecule has 0 saturated carbocycles. The maximum atomic E-state index is 12.5. The summed E-state index contributed by atoms with van der Waals surface area (Å²) in [7, 11) is 0. The van der Waals surface area contributed by atoms with Crippen molar-refractivity contribution >= 4 is 21.7 Å².